The van der Waals surface area contributed by atoms with Gasteiger partial charge in [-0.3, -0.25) is 4.79 Å². The number of thiazole rings is 1. The van der Waals surface area contributed by atoms with Crippen molar-refractivity contribution in [1.29, 1.82) is 0 Å². The Bertz CT molecular complexity index is 841. The molecule has 1 amide bonds. The number of fused-ring (bicyclic) bond motifs is 1. The number of amides is 1. The van der Waals surface area contributed by atoms with E-state index < -0.39 is 5.91 Å². The van der Waals surface area contributed by atoms with E-state index in [0.29, 0.717) is 12.6 Å². The highest BCUT2D eigenvalue weighted by atomic mass is 32.1. The highest BCUT2D eigenvalue weighted by Crippen LogP contribution is 2.33. The van der Waals surface area contributed by atoms with Crippen molar-refractivity contribution in [2.45, 2.75) is 25.4 Å². The normalized spacial score (nSPS) is 14.1. The Morgan fingerprint density at radius 3 is 2.87 bits per heavy atom. The summed E-state index contributed by atoms with van der Waals surface area (Å²) < 4.78 is 1.18. The Kier molecular flexibility index (Phi) is 3.42. The fraction of sp³-hybridized carbons (Fsp3) is 0.250. The SMILES string of the molecule is NC(=O)c1cc(N(Cc2nc3ccccc3s2)C2CC2)ncn1. The summed E-state index contributed by atoms with van der Waals surface area (Å²) in [6.07, 6.45) is 3.64. The van der Waals surface area contributed by atoms with Gasteiger partial charge in [-0.1, -0.05) is 12.1 Å². The van der Waals surface area contributed by atoms with Crippen molar-refractivity contribution >= 4 is 33.3 Å². The lowest BCUT2D eigenvalue weighted by Gasteiger charge is -2.22. The molecule has 2 N–H and O–H groups in total. The van der Waals surface area contributed by atoms with Crippen LogP contribution in [0.2, 0.25) is 0 Å². The molecule has 0 atom stereocenters. The van der Waals surface area contributed by atoms with Gasteiger partial charge in [0.1, 0.15) is 22.8 Å². The van der Waals surface area contributed by atoms with Crippen LogP contribution in [0, 0.1) is 0 Å². The molecule has 0 aliphatic heterocycles. The standard InChI is InChI=1S/C16H15N5OS/c17-16(22)12-7-14(19-9-18-12)21(10-5-6-10)8-15-20-11-3-1-2-4-13(11)23-15/h1-4,7,9-10H,5-6,8H2,(H2,17,22). The van der Waals surface area contributed by atoms with Gasteiger partial charge in [0, 0.05) is 12.1 Å². The summed E-state index contributed by atoms with van der Waals surface area (Å²) >= 11 is 1.69. The van der Waals surface area contributed by atoms with Crippen molar-refractivity contribution < 1.29 is 4.79 Å². The summed E-state index contributed by atoms with van der Waals surface area (Å²) in [5.41, 5.74) is 6.58. The van der Waals surface area contributed by atoms with E-state index in [2.05, 4.69) is 25.9 Å². The van der Waals surface area contributed by atoms with E-state index in [1.807, 2.05) is 18.2 Å². The predicted octanol–water partition coefficient (Wildman–Crippen LogP) is 2.35. The maximum absolute atomic E-state index is 11.3. The smallest absolute Gasteiger partial charge is 0.267 e. The van der Waals surface area contributed by atoms with Crippen LogP contribution in [0.15, 0.2) is 36.7 Å². The zero-order valence-corrected chi connectivity index (χ0v) is 13.2. The minimum absolute atomic E-state index is 0.241. The van der Waals surface area contributed by atoms with Crippen molar-refractivity contribution in [3.8, 4) is 0 Å². The molecule has 1 aromatic carbocycles. The van der Waals surface area contributed by atoms with Crippen LogP contribution < -0.4 is 10.6 Å². The topological polar surface area (TPSA) is 85.0 Å². The lowest BCUT2D eigenvalue weighted by molar-refractivity contribution is 0.0995. The summed E-state index contributed by atoms with van der Waals surface area (Å²) in [5.74, 6) is 0.194. The number of carbonyl (C=O) groups is 1. The molecule has 23 heavy (non-hydrogen) atoms. The molecule has 1 fully saturated rings. The molecule has 7 heteroatoms. The number of aromatic nitrogens is 3. The maximum atomic E-state index is 11.3. The Labute approximate surface area is 137 Å². The molecule has 4 rings (SSSR count). The van der Waals surface area contributed by atoms with Gasteiger partial charge >= 0.3 is 0 Å². The first-order valence-electron chi connectivity index (χ1n) is 7.43. The number of rotatable bonds is 5. The second kappa shape index (κ2) is 5.58. The van der Waals surface area contributed by atoms with Gasteiger partial charge in [-0.25, -0.2) is 15.0 Å². The number of primary amides is 1. The van der Waals surface area contributed by atoms with Gasteiger partial charge in [-0.2, -0.15) is 0 Å². The quantitative estimate of drug-likeness (QED) is 0.778. The molecule has 3 aromatic rings. The van der Waals surface area contributed by atoms with Gasteiger partial charge in [0.2, 0.25) is 0 Å². The third-order valence-corrected chi connectivity index (χ3v) is 4.85. The first-order valence-corrected chi connectivity index (χ1v) is 8.25. The molecule has 116 valence electrons. The van der Waals surface area contributed by atoms with E-state index in [0.717, 1.165) is 29.2 Å². The Balaban J connectivity index is 1.65. The van der Waals surface area contributed by atoms with E-state index in [1.54, 1.807) is 17.4 Å². The van der Waals surface area contributed by atoms with Gasteiger partial charge in [0.05, 0.1) is 16.8 Å². The predicted molar refractivity (Wildman–Crippen MR) is 89.4 cm³/mol. The lowest BCUT2D eigenvalue weighted by atomic mass is 10.3. The number of nitrogens with zero attached hydrogens (tertiary/aromatic N) is 4. The van der Waals surface area contributed by atoms with Crippen LogP contribution in [0.4, 0.5) is 5.82 Å². The van der Waals surface area contributed by atoms with E-state index in [1.165, 1.54) is 11.0 Å². The molecule has 0 saturated heterocycles. The van der Waals surface area contributed by atoms with Crippen molar-refractivity contribution in [2.75, 3.05) is 4.90 Å². The van der Waals surface area contributed by atoms with Gasteiger partial charge in [0.15, 0.2) is 0 Å². The van der Waals surface area contributed by atoms with E-state index >= 15 is 0 Å². The number of anilines is 1. The number of hydrogen-bond donors (Lipinski definition) is 1. The van der Waals surface area contributed by atoms with E-state index in [9.17, 15) is 4.79 Å². The number of para-hydroxylation sites is 1. The fourth-order valence-corrected chi connectivity index (χ4v) is 3.52. The molecular formula is C16H15N5OS. The minimum atomic E-state index is -0.538. The van der Waals surface area contributed by atoms with E-state index in [4.69, 9.17) is 5.73 Å². The van der Waals surface area contributed by atoms with Crippen molar-refractivity contribution in [1.82, 2.24) is 15.0 Å². The summed E-state index contributed by atoms with van der Waals surface area (Å²) in [5, 5.41) is 1.04. The Morgan fingerprint density at radius 1 is 1.30 bits per heavy atom. The van der Waals surface area contributed by atoms with E-state index in [-0.39, 0.29) is 5.69 Å². The first kappa shape index (κ1) is 14.1. The van der Waals surface area contributed by atoms with Crippen LogP contribution >= 0.6 is 11.3 Å². The second-order valence-electron chi connectivity index (χ2n) is 5.56. The Hall–Kier alpha value is -2.54. The van der Waals surface area contributed by atoms with Gasteiger partial charge in [-0.05, 0) is 25.0 Å². The highest BCUT2D eigenvalue weighted by Gasteiger charge is 2.31. The molecule has 0 unspecified atom stereocenters. The molecule has 0 bridgehead atoms. The van der Waals surface area contributed by atoms with Crippen molar-refractivity contribution in [3.05, 3.63) is 47.4 Å². The van der Waals surface area contributed by atoms with Crippen LogP contribution in [0.25, 0.3) is 10.2 Å². The Morgan fingerprint density at radius 2 is 2.13 bits per heavy atom. The van der Waals surface area contributed by atoms with Crippen LogP contribution in [0.3, 0.4) is 0 Å². The molecule has 0 spiro atoms. The average Bonchev–Trinajstić information content (AvgIpc) is 3.31. The third kappa shape index (κ3) is 2.87. The van der Waals surface area contributed by atoms with Gasteiger partial charge in [0.25, 0.3) is 5.91 Å². The zero-order valence-electron chi connectivity index (χ0n) is 12.3. The molecule has 6 nitrogen and oxygen atoms in total. The van der Waals surface area contributed by atoms with Gasteiger partial charge in [-0.15, -0.1) is 11.3 Å². The fourth-order valence-electron chi connectivity index (χ4n) is 2.56. The van der Waals surface area contributed by atoms with Crippen LogP contribution in [-0.4, -0.2) is 26.9 Å². The number of carbonyl (C=O) groups excluding carboxylic acids is 1. The molecule has 0 radical (unpaired) electrons. The number of nitrogens with two attached hydrogens (primary N) is 1. The summed E-state index contributed by atoms with van der Waals surface area (Å²) in [4.78, 5) is 26.4. The summed E-state index contributed by atoms with van der Waals surface area (Å²) in [6, 6.07) is 10.2. The average molecular weight is 325 g/mol. The lowest BCUT2D eigenvalue weighted by Crippen LogP contribution is -2.26. The zero-order chi connectivity index (χ0) is 15.8. The second-order valence-corrected chi connectivity index (χ2v) is 6.68. The highest BCUT2D eigenvalue weighted by molar-refractivity contribution is 7.18. The molecule has 2 heterocycles. The third-order valence-electron chi connectivity index (χ3n) is 3.83. The van der Waals surface area contributed by atoms with Gasteiger partial charge < -0.3 is 10.6 Å². The monoisotopic (exact) mass is 325 g/mol. The number of benzene rings is 1. The largest absolute Gasteiger partial charge is 0.364 e. The van der Waals surface area contributed by atoms with Crippen molar-refractivity contribution in [3.63, 3.8) is 0 Å². The first-order chi connectivity index (χ1) is 11.2. The minimum Gasteiger partial charge on any atom is -0.364 e. The van der Waals surface area contributed by atoms with Crippen molar-refractivity contribution in [2.24, 2.45) is 5.73 Å². The molecule has 2 aromatic heterocycles. The summed E-state index contributed by atoms with van der Waals surface area (Å²) in [7, 11) is 0. The van der Waals surface area contributed by atoms with Crippen LogP contribution in [0.5, 0.6) is 0 Å². The van der Waals surface area contributed by atoms with Crippen LogP contribution in [0.1, 0.15) is 28.3 Å². The molecule has 1 aliphatic rings. The summed E-state index contributed by atoms with van der Waals surface area (Å²) in [6.45, 7) is 0.680. The molecular weight excluding hydrogens is 310 g/mol. The van der Waals surface area contributed by atoms with Crippen LogP contribution in [-0.2, 0) is 6.54 Å². The molecule has 1 saturated carbocycles. The number of hydrogen-bond acceptors (Lipinski definition) is 6. The molecule has 1 aliphatic carbocycles. The maximum Gasteiger partial charge on any atom is 0.267 e.